The van der Waals surface area contributed by atoms with Crippen molar-refractivity contribution in [1.82, 2.24) is 15.1 Å². The summed E-state index contributed by atoms with van der Waals surface area (Å²) in [5.41, 5.74) is 1.51. The number of likely N-dealkylation sites (tertiary alicyclic amines) is 2. The first-order valence-corrected chi connectivity index (χ1v) is 12.0. The summed E-state index contributed by atoms with van der Waals surface area (Å²) < 4.78 is 5.07. The van der Waals surface area contributed by atoms with Crippen molar-refractivity contribution in [3.05, 3.63) is 65.7 Å². The lowest BCUT2D eigenvalue weighted by Crippen LogP contribution is -2.48. The summed E-state index contributed by atoms with van der Waals surface area (Å²) in [4.78, 5) is 53.1. The lowest BCUT2D eigenvalue weighted by Gasteiger charge is -2.33. The van der Waals surface area contributed by atoms with Crippen LogP contribution in [-0.2, 0) is 14.4 Å². The van der Waals surface area contributed by atoms with Crippen LogP contribution >= 0.6 is 0 Å². The van der Waals surface area contributed by atoms with E-state index in [0.717, 1.165) is 5.56 Å². The van der Waals surface area contributed by atoms with E-state index in [2.05, 4.69) is 5.32 Å². The maximum atomic E-state index is 12.9. The van der Waals surface area contributed by atoms with E-state index >= 15 is 0 Å². The third-order valence-corrected chi connectivity index (χ3v) is 6.75. The predicted octanol–water partition coefficient (Wildman–Crippen LogP) is 2.94. The van der Waals surface area contributed by atoms with Crippen LogP contribution in [0.4, 0.5) is 0 Å². The highest BCUT2D eigenvalue weighted by Crippen LogP contribution is 2.29. The summed E-state index contributed by atoms with van der Waals surface area (Å²) in [6.07, 6.45) is 1.51. The summed E-state index contributed by atoms with van der Waals surface area (Å²) in [6, 6.07) is 16.3. The first kappa shape index (κ1) is 24.4. The van der Waals surface area contributed by atoms with Crippen LogP contribution in [0.2, 0.25) is 0 Å². The van der Waals surface area contributed by atoms with Crippen molar-refractivity contribution in [3.63, 3.8) is 0 Å². The van der Waals surface area contributed by atoms with Gasteiger partial charge in [-0.2, -0.15) is 0 Å². The molecule has 0 spiro atoms. The van der Waals surface area contributed by atoms with E-state index < -0.39 is 5.97 Å². The Hall–Kier alpha value is -3.68. The Morgan fingerprint density at radius 2 is 1.74 bits per heavy atom. The van der Waals surface area contributed by atoms with Gasteiger partial charge in [0.15, 0.2) is 0 Å². The van der Waals surface area contributed by atoms with Crippen LogP contribution < -0.4 is 10.1 Å². The summed E-state index contributed by atoms with van der Waals surface area (Å²) in [5.74, 6) is -0.689. The first-order valence-electron chi connectivity index (χ1n) is 12.0. The molecule has 1 N–H and O–H groups in total. The van der Waals surface area contributed by atoms with Crippen molar-refractivity contribution < 1.29 is 23.9 Å². The number of hydrogen-bond donors (Lipinski definition) is 1. The van der Waals surface area contributed by atoms with Crippen molar-refractivity contribution in [2.75, 3.05) is 19.6 Å². The number of hydrogen-bond acceptors (Lipinski definition) is 5. The van der Waals surface area contributed by atoms with Gasteiger partial charge in [0.1, 0.15) is 5.75 Å². The number of benzene rings is 2. The average Bonchev–Trinajstić information content (AvgIpc) is 3.25. The van der Waals surface area contributed by atoms with E-state index in [1.807, 2.05) is 37.3 Å². The Labute approximate surface area is 205 Å². The van der Waals surface area contributed by atoms with Gasteiger partial charge in [-0.15, -0.1) is 0 Å². The molecule has 2 aromatic carbocycles. The topological polar surface area (TPSA) is 96.0 Å². The number of nitrogens with one attached hydrogen (secondary N) is 1. The van der Waals surface area contributed by atoms with Gasteiger partial charge in [0.05, 0.1) is 12.0 Å². The van der Waals surface area contributed by atoms with E-state index in [9.17, 15) is 19.2 Å². The highest BCUT2D eigenvalue weighted by molar-refractivity contribution is 5.95. The molecule has 2 saturated heterocycles. The van der Waals surface area contributed by atoms with E-state index in [0.29, 0.717) is 43.8 Å². The third kappa shape index (κ3) is 5.88. The second-order valence-corrected chi connectivity index (χ2v) is 9.23. The van der Waals surface area contributed by atoms with Crippen molar-refractivity contribution in [2.24, 2.45) is 5.92 Å². The van der Waals surface area contributed by atoms with E-state index in [1.165, 1.54) is 6.92 Å². The average molecular weight is 478 g/mol. The maximum Gasteiger partial charge on any atom is 0.308 e. The van der Waals surface area contributed by atoms with Crippen LogP contribution in [-0.4, -0.2) is 59.2 Å². The van der Waals surface area contributed by atoms with E-state index in [1.54, 1.807) is 34.1 Å². The molecule has 0 bridgehead atoms. The van der Waals surface area contributed by atoms with Crippen molar-refractivity contribution in [2.45, 2.75) is 45.2 Å². The summed E-state index contributed by atoms with van der Waals surface area (Å²) in [7, 11) is 0. The smallest absolute Gasteiger partial charge is 0.308 e. The third-order valence-electron chi connectivity index (χ3n) is 6.75. The minimum absolute atomic E-state index is 0.00194. The minimum Gasteiger partial charge on any atom is -0.427 e. The maximum absolute atomic E-state index is 12.9. The van der Waals surface area contributed by atoms with Crippen LogP contribution in [0.25, 0.3) is 0 Å². The molecule has 2 aromatic rings. The van der Waals surface area contributed by atoms with Gasteiger partial charge < -0.3 is 19.9 Å². The largest absolute Gasteiger partial charge is 0.427 e. The molecular weight excluding hydrogens is 446 g/mol. The Bertz CT molecular complexity index is 1100. The Morgan fingerprint density at radius 3 is 2.43 bits per heavy atom. The second-order valence-electron chi connectivity index (χ2n) is 9.23. The number of piperidine rings is 1. The van der Waals surface area contributed by atoms with Crippen LogP contribution in [0.15, 0.2) is 54.6 Å². The van der Waals surface area contributed by atoms with Gasteiger partial charge in [0, 0.05) is 44.6 Å². The number of amides is 3. The number of carbonyl (C=O) groups is 4. The first-order chi connectivity index (χ1) is 16.8. The minimum atomic E-state index is -0.437. The van der Waals surface area contributed by atoms with Gasteiger partial charge >= 0.3 is 5.97 Å². The number of esters is 1. The van der Waals surface area contributed by atoms with Gasteiger partial charge in [-0.05, 0) is 43.5 Å². The fourth-order valence-corrected chi connectivity index (χ4v) is 4.78. The van der Waals surface area contributed by atoms with Crippen molar-refractivity contribution >= 4 is 23.7 Å². The molecule has 2 atom stereocenters. The molecule has 3 amide bonds. The van der Waals surface area contributed by atoms with Crippen LogP contribution in [0.3, 0.4) is 0 Å². The number of nitrogens with zero attached hydrogens (tertiary/aromatic N) is 2. The van der Waals surface area contributed by atoms with Crippen molar-refractivity contribution in [3.8, 4) is 5.75 Å². The zero-order valence-electron chi connectivity index (χ0n) is 20.1. The lowest BCUT2D eigenvalue weighted by atomic mass is 10.0. The Morgan fingerprint density at radius 1 is 1.03 bits per heavy atom. The van der Waals surface area contributed by atoms with Gasteiger partial charge in [0.2, 0.25) is 11.8 Å². The molecule has 0 aliphatic carbocycles. The summed E-state index contributed by atoms with van der Waals surface area (Å²) >= 11 is 0. The molecule has 2 heterocycles. The fourth-order valence-electron chi connectivity index (χ4n) is 4.78. The SMILES string of the molecule is CC(=O)Oc1cccc(C(=O)N2CCC(NC(=O)C3CC(=O)N(C(C)c4ccccc4)C3)CC2)c1. The molecule has 2 aliphatic rings. The molecule has 184 valence electrons. The second kappa shape index (κ2) is 10.7. The van der Waals surface area contributed by atoms with Gasteiger partial charge in [-0.1, -0.05) is 36.4 Å². The molecule has 2 fully saturated rings. The molecule has 8 nitrogen and oxygen atoms in total. The normalized spacial score (nSPS) is 19.4. The molecule has 2 unspecified atom stereocenters. The van der Waals surface area contributed by atoms with Crippen LogP contribution in [0.1, 0.15) is 55.1 Å². The molecular formula is C27H31N3O5. The Balaban J connectivity index is 1.27. The highest BCUT2D eigenvalue weighted by atomic mass is 16.5. The van der Waals surface area contributed by atoms with Crippen LogP contribution in [0.5, 0.6) is 5.75 Å². The molecule has 0 saturated carbocycles. The van der Waals surface area contributed by atoms with Gasteiger partial charge in [-0.25, -0.2) is 0 Å². The van der Waals surface area contributed by atoms with Gasteiger partial charge in [0.25, 0.3) is 5.91 Å². The monoisotopic (exact) mass is 477 g/mol. The highest BCUT2D eigenvalue weighted by Gasteiger charge is 2.38. The molecule has 35 heavy (non-hydrogen) atoms. The quantitative estimate of drug-likeness (QED) is 0.510. The standard InChI is InChI=1S/C27H31N3O5/c1-18(20-7-4-3-5-8-20)30-17-22(16-25(30)32)26(33)28-23-11-13-29(14-12-23)27(34)21-9-6-10-24(15-21)35-19(2)31/h3-10,15,18,22-23H,11-14,16-17H2,1-2H3,(H,28,33). The summed E-state index contributed by atoms with van der Waals surface area (Å²) in [6.45, 7) is 4.75. The summed E-state index contributed by atoms with van der Waals surface area (Å²) in [5, 5.41) is 3.10. The zero-order chi connectivity index (χ0) is 24.9. The zero-order valence-corrected chi connectivity index (χ0v) is 20.1. The molecule has 8 heteroatoms. The molecule has 2 aliphatic heterocycles. The van der Waals surface area contributed by atoms with Gasteiger partial charge in [-0.3, -0.25) is 19.2 Å². The van der Waals surface area contributed by atoms with E-state index in [-0.39, 0.29) is 42.1 Å². The fraction of sp³-hybridized carbons (Fsp3) is 0.407. The molecule has 4 rings (SSSR count). The van der Waals surface area contributed by atoms with E-state index in [4.69, 9.17) is 4.74 Å². The lowest BCUT2D eigenvalue weighted by molar-refractivity contribution is -0.132. The number of carbonyl (C=O) groups excluding carboxylic acids is 4. The van der Waals surface area contributed by atoms with Crippen LogP contribution in [0, 0.1) is 5.92 Å². The molecule has 0 radical (unpaired) electrons. The molecule has 0 aromatic heterocycles. The Kier molecular flexibility index (Phi) is 7.48. The number of ether oxygens (including phenoxy) is 1. The predicted molar refractivity (Wildman–Crippen MR) is 129 cm³/mol. The van der Waals surface area contributed by atoms with Crippen molar-refractivity contribution in [1.29, 1.82) is 0 Å². The number of rotatable bonds is 6.